The summed E-state index contributed by atoms with van der Waals surface area (Å²) in [6, 6.07) is 6.71. The van der Waals surface area contributed by atoms with Gasteiger partial charge in [0.25, 0.3) is 5.91 Å². The quantitative estimate of drug-likeness (QED) is 0.751. The third kappa shape index (κ3) is 4.55. The lowest BCUT2D eigenvalue weighted by atomic mass is 9.89. The maximum Gasteiger partial charge on any atom is 0.417 e. The van der Waals surface area contributed by atoms with E-state index in [-0.39, 0.29) is 48.3 Å². The summed E-state index contributed by atoms with van der Waals surface area (Å²) in [5.41, 5.74) is -0.110. The molecule has 1 fully saturated rings. The van der Waals surface area contributed by atoms with Crippen molar-refractivity contribution in [1.29, 1.82) is 0 Å². The molecule has 2 aromatic rings. The summed E-state index contributed by atoms with van der Waals surface area (Å²) < 4.78 is 53.9. The van der Waals surface area contributed by atoms with Gasteiger partial charge in [0, 0.05) is 37.7 Å². The second kappa shape index (κ2) is 8.28. The lowest BCUT2D eigenvalue weighted by Gasteiger charge is -2.32. The predicted molar refractivity (Wildman–Crippen MR) is 104 cm³/mol. The van der Waals surface area contributed by atoms with Crippen molar-refractivity contribution in [3.05, 3.63) is 64.2 Å². The Morgan fingerprint density at radius 3 is 2.48 bits per heavy atom. The minimum atomic E-state index is -4.65. The van der Waals surface area contributed by atoms with E-state index in [1.54, 1.807) is 17.0 Å². The lowest BCUT2D eigenvalue weighted by Crippen LogP contribution is -2.39. The van der Waals surface area contributed by atoms with E-state index in [0.717, 1.165) is 6.07 Å². The maximum absolute atomic E-state index is 13.6. The molecule has 2 amide bonds. The Morgan fingerprint density at radius 1 is 1.16 bits per heavy atom. The molecule has 4 rings (SSSR count). The number of amides is 2. The fourth-order valence-electron chi connectivity index (χ4n) is 4.18. The van der Waals surface area contributed by atoms with Crippen LogP contribution in [0.15, 0.2) is 30.3 Å². The van der Waals surface area contributed by atoms with Gasteiger partial charge in [0.2, 0.25) is 5.91 Å². The van der Waals surface area contributed by atoms with Crippen LogP contribution in [-0.4, -0.2) is 41.3 Å². The largest absolute Gasteiger partial charge is 0.417 e. The van der Waals surface area contributed by atoms with Crippen molar-refractivity contribution in [1.82, 2.24) is 15.2 Å². The van der Waals surface area contributed by atoms with Crippen molar-refractivity contribution in [2.45, 2.75) is 37.8 Å². The van der Waals surface area contributed by atoms with E-state index in [0.29, 0.717) is 37.2 Å². The highest BCUT2D eigenvalue weighted by Crippen LogP contribution is 2.37. The molecule has 0 atom stereocenters. The number of nitrogens with zero attached hydrogens (tertiary/aromatic N) is 2. The van der Waals surface area contributed by atoms with Crippen LogP contribution in [0.4, 0.5) is 17.6 Å². The number of alkyl halides is 3. The van der Waals surface area contributed by atoms with Gasteiger partial charge < -0.3 is 10.2 Å². The Hall–Kier alpha value is -2.97. The molecule has 0 aliphatic carbocycles. The number of likely N-dealkylation sites (tertiary alicyclic amines) is 1. The van der Waals surface area contributed by atoms with E-state index in [9.17, 15) is 27.2 Å². The highest BCUT2D eigenvalue weighted by Gasteiger charge is 2.39. The Kier molecular flexibility index (Phi) is 5.68. The topological polar surface area (TPSA) is 62.3 Å². The molecule has 5 nitrogen and oxygen atoms in total. The average Bonchev–Trinajstić information content (AvgIpc) is 2.74. The normalized spacial score (nSPS) is 17.3. The molecule has 3 heterocycles. The molecule has 0 radical (unpaired) electrons. The van der Waals surface area contributed by atoms with Gasteiger partial charge in [-0.25, -0.2) is 4.39 Å². The van der Waals surface area contributed by atoms with Crippen LogP contribution in [0.5, 0.6) is 0 Å². The van der Waals surface area contributed by atoms with Crippen molar-refractivity contribution in [2.24, 2.45) is 0 Å². The average molecular weight is 435 g/mol. The first-order valence-electron chi connectivity index (χ1n) is 10.1. The first-order valence-corrected chi connectivity index (χ1v) is 10.1. The number of nitrogens with one attached hydrogen (secondary N) is 1. The van der Waals surface area contributed by atoms with E-state index in [2.05, 4.69) is 10.3 Å². The summed E-state index contributed by atoms with van der Waals surface area (Å²) >= 11 is 0. The molecule has 1 aromatic carbocycles. The molecule has 1 N–H and O–H groups in total. The predicted octanol–water partition coefficient (Wildman–Crippen LogP) is 3.47. The highest BCUT2D eigenvalue weighted by molar-refractivity contribution is 5.98. The molecule has 31 heavy (non-hydrogen) atoms. The number of halogens is 4. The Morgan fingerprint density at radius 2 is 1.84 bits per heavy atom. The number of piperidine rings is 1. The van der Waals surface area contributed by atoms with Crippen molar-refractivity contribution < 1.29 is 27.2 Å². The lowest BCUT2D eigenvalue weighted by molar-refractivity contribution is -0.138. The Bertz CT molecular complexity index is 997. The van der Waals surface area contributed by atoms with Crippen LogP contribution in [0.2, 0.25) is 0 Å². The van der Waals surface area contributed by atoms with Crippen LogP contribution >= 0.6 is 0 Å². The number of hydrogen-bond donors (Lipinski definition) is 1. The molecule has 2 aliphatic heterocycles. The molecule has 2 aliphatic rings. The summed E-state index contributed by atoms with van der Waals surface area (Å²) in [4.78, 5) is 30.6. The third-order valence-electron chi connectivity index (χ3n) is 5.83. The number of hydrogen-bond acceptors (Lipinski definition) is 3. The van der Waals surface area contributed by atoms with E-state index >= 15 is 0 Å². The number of carbonyl (C=O) groups excluding carboxylic acids is 2. The first-order chi connectivity index (χ1) is 14.7. The van der Waals surface area contributed by atoms with Crippen LogP contribution in [0, 0.1) is 5.82 Å². The van der Waals surface area contributed by atoms with E-state index in [1.165, 1.54) is 12.1 Å². The Labute approximate surface area is 176 Å². The maximum atomic E-state index is 13.6. The standard InChI is InChI=1S/C22H21F4N3O2/c23-15-3-1-13(2-4-15)11-19(30)29-9-6-14(7-10-29)18-12-16(22(24,25)26)20-17(28-18)5-8-27-21(20)31/h1-4,12,14H,5-11H2,(H,27,31). The van der Waals surface area contributed by atoms with Gasteiger partial charge in [-0.05, 0) is 36.6 Å². The van der Waals surface area contributed by atoms with Crippen LogP contribution in [-0.2, 0) is 23.8 Å². The van der Waals surface area contributed by atoms with Crippen LogP contribution in [0.25, 0.3) is 0 Å². The Balaban J connectivity index is 1.48. The van der Waals surface area contributed by atoms with Crippen molar-refractivity contribution in [3.63, 3.8) is 0 Å². The fourth-order valence-corrected chi connectivity index (χ4v) is 4.18. The molecule has 1 saturated heterocycles. The van der Waals surface area contributed by atoms with E-state index in [4.69, 9.17) is 0 Å². The van der Waals surface area contributed by atoms with Crippen molar-refractivity contribution in [2.75, 3.05) is 19.6 Å². The molecule has 9 heteroatoms. The molecular formula is C22H21F4N3O2. The number of carbonyl (C=O) groups is 2. The van der Waals surface area contributed by atoms with Crippen LogP contribution < -0.4 is 5.32 Å². The molecule has 0 bridgehead atoms. The summed E-state index contributed by atoms with van der Waals surface area (Å²) in [6.07, 6.45) is -3.26. The summed E-state index contributed by atoms with van der Waals surface area (Å²) in [7, 11) is 0. The molecule has 0 spiro atoms. The van der Waals surface area contributed by atoms with Crippen LogP contribution in [0.1, 0.15) is 51.6 Å². The van der Waals surface area contributed by atoms with Gasteiger partial charge in [0.05, 0.1) is 23.2 Å². The second-order valence-electron chi connectivity index (χ2n) is 7.88. The number of pyridine rings is 1. The first kappa shape index (κ1) is 21.3. The molecule has 164 valence electrons. The summed E-state index contributed by atoms with van der Waals surface area (Å²) in [6.45, 7) is 1.08. The zero-order chi connectivity index (χ0) is 22.2. The van der Waals surface area contributed by atoms with Crippen molar-refractivity contribution >= 4 is 11.8 Å². The molecule has 0 unspecified atom stereocenters. The van der Waals surface area contributed by atoms with Gasteiger partial charge in [0.1, 0.15) is 5.82 Å². The van der Waals surface area contributed by atoms with Gasteiger partial charge >= 0.3 is 6.18 Å². The summed E-state index contributed by atoms with van der Waals surface area (Å²) in [5, 5.41) is 2.45. The highest BCUT2D eigenvalue weighted by atomic mass is 19.4. The van der Waals surface area contributed by atoms with Gasteiger partial charge in [-0.3, -0.25) is 14.6 Å². The minimum Gasteiger partial charge on any atom is -0.352 e. The van der Waals surface area contributed by atoms with E-state index < -0.39 is 17.6 Å². The fraction of sp³-hybridized carbons (Fsp3) is 0.409. The van der Waals surface area contributed by atoms with Gasteiger partial charge in [-0.1, -0.05) is 12.1 Å². The smallest absolute Gasteiger partial charge is 0.352 e. The monoisotopic (exact) mass is 435 g/mol. The van der Waals surface area contributed by atoms with Crippen LogP contribution in [0.3, 0.4) is 0 Å². The summed E-state index contributed by atoms with van der Waals surface area (Å²) in [5.74, 6) is -1.43. The minimum absolute atomic E-state index is 0.101. The van der Waals surface area contributed by atoms with Gasteiger partial charge in [-0.2, -0.15) is 13.2 Å². The van der Waals surface area contributed by atoms with E-state index in [1.807, 2.05) is 0 Å². The zero-order valence-electron chi connectivity index (χ0n) is 16.6. The molecule has 0 saturated carbocycles. The second-order valence-corrected chi connectivity index (χ2v) is 7.88. The molecule has 1 aromatic heterocycles. The van der Waals surface area contributed by atoms with Gasteiger partial charge in [0.15, 0.2) is 0 Å². The number of benzene rings is 1. The molecular weight excluding hydrogens is 414 g/mol. The van der Waals surface area contributed by atoms with Crippen molar-refractivity contribution in [3.8, 4) is 0 Å². The number of rotatable bonds is 3. The number of aromatic nitrogens is 1. The third-order valence-corrected chi connectivity index (χ3v) is 5.83. The zero-order valence-corrected chi connectivity index (χ0v) is 16.6. The number of fused-ring (bicyclic) bond motifs is 1. The SMILES string of the molecule is O=C1NCCc2nc(C3CCN(C(=O)Cc4ccc(F)cc4)CC3)cc(C(F)(F)F)c21. The van der Waals surface area contributed by atoms with Gasteiger partial charge in [-0.15, -0.1) is 0 Å².